The summed E-state index contributed by atoms with van der Waals surface area (Å²) in [6.45, 7) is 5.18. The Hall–Kier alpha value is -2.61. The summed E-state index contributed by atoms with van der Waals surface area (Å²) < 4.78 is 3.76. The van der Waals surface area contributed by atoms with Crippen molar-refractivity contribution in [1.29, 1.82) is 0 Å². The largest absolute Gasteiger partial charge is 0.293 e. The lowest BCUT2D eigenvalue weighted by Gasteiger charge is -2.36. The molecule has 1 fully saturated rings. The molecule has 0 aliphatic carbocycles. The number of likely N-dealkylation sites (tertiary alicyclic amines) is 1. The molecule has 1 aromatic carbocycles. The maximum absolute atomic E-state index is 4.30. The molecule has 0 radical (unpaired) electrons. The number of para-hydroxylation sites is 1. The van der Waals surface area contributed by atoms with Crippen LogP contribution in [0.2, 0.25) is 0 Å². The van der Waals surface area contributed by atoms with E-state index in [0.717, 1.165) is 31.1 Å². The van der Waals surface area contributed by atoms with Crippen molar-refractivity contribution >= 4 is 0 Å². The van der Waals surface area contributed by atoms with E-state index in [1.807, 2.05) is 45.9 Å². The van der Waals surface area contributed by atoms with Crippen molar-refractivity contribution in [2.24, 2.45) is 5.92 Å². The van der Waals surface area contributed by atoms with Crippen LogP contribution in [-0.4, -0.2) is 53.2 Å². The van der Waals surface area contributed by atoms with Crippen molar-refractivity contribution in [2.45, 2.75) is 32.4 Å². The summed E-state index contributed by atoms with van der Waals surface area (Å²) >= 11 is 0. The summed E-state index contributed by atoms with van der Waals surface area (Å²) in [5.74, 6) is 1.45. The van der Waals surface area contributed by atoms with Crippen molar-refractivity contribution in [3.8, 4) is 5.69 Å². The fourth-order valence-corrected chi connectivity index (χ4v) is 3.56. The minimum atomic E-state index is 0.161. The van der Waals surface area contributed by atoms with E-state index in [0.29, 0.717) is 5.92 Å². The Bertz CT molecular complexity index is 782. The van der Waals surface area contributed by atoms with Crippen molar-refractivity contribution < 1.29 is 0 Å². The van der Waals surface area contributed by atoms with E-state index in [1.165, 1.54) is 12.8 Å². The van der Waals surface area contributed by atoms with Gasteiger partial charge >= 0.3 is 0 Å². The number of benzene rings is 1. The minimum Gasteiger partial charge on any atom is -0.293 e. The molecule has 3 aromatic rings. The standard InChI is InChI=1S/C17H22N8/c1-14(17-19-20-22-25(17)16-7-3-2-4-8-16)23-10-5-6-15(12-23)13-24-11-9-18-21-24/h2-4,7-9,11,14-15H,5-6,10,12-13H2,1H3/t14-,15-/m1/s1. The molecule has 1 aliphatic heterocycles. The maximum Gasteiger partial charge on any atom is 0.173 e. The molecule has 0 spiro atoms. The van der Waals surface area contributed by atoms with E-state index in [-0.39, 0.29) is 6.04 Å². The average Bonchev–Trinajstić information content (AvgIpc) is 3.34. The Kier molecular flexibility index (Phi) is 4.51. The molecule has 1 saturated heterocycles. The topological polar surface area (TPSA) is 77.5 Å². The van der Waals surface area contributed by atoms with Crippen molar-refractivity contribution in [3.63, 3.8) is 0 Å². The molecule has 3 heterocycles. The molecule has 8 heteroatoms. The Morgan fingerprint density at radius 3 is 2.88 bits per heavy atom. The van der Waals surface area contributed by atoms with E-state index >= 15 is 0 Å². The van der Waals surface area contributed by atoms with Crippen LogP contribution in [0, 0.1) is 5.92 Å². The SMILES string of the molecule is C[C@H](c1nnnn1-c1ccccc1)N1CCC[C@@H](Cn2ccnn2)C1. The molecule has 0 unspecified atom stereocenters. The summed E-state index contributed by atoms with van der Waals surface area (Å²) in [6.07, 6.45) is 6.05. The smallest absolute Gasteiger partial charge is 0.173 e. The first-order chi connectivity index (χ1) is 12.3. The highest BCUT2D eigenvalue weighted by Crippen LogP contribution is 2.27. The third kappa shape index (κ3) is 3.43. The molecular formula is C17H22N8. The lowest BCUT2D eigenvalue weighted by atomic mass is 9.96. The van der Waals surface area contributed by atoms with Gasteiger partial charge in [0, 0.05) is 19.3 Å². The van der Waals surface area contributed by atoms with E-state index in [4.69, 9.17) is 0 Å². The summed E-state index contributed by atoms with van der Waals surface area (Å²) in [4.78, 5) is 2.47. The number of aromatic nitrogens is 7. The third-order valence-corrected chi connectivity index (χ3v) is 4.88. The van der Waals surface area contributed by atoms with Crippen LogP contribution in [0.25, 0.3) is 5.69 Å². The van der Waals surface area contributed by atoms with Gasteiger partial charge in [0.2, 0.25) is 0 Å². The average molecular weight is 338 g/mol. The molecule has 4 rings (SSSR count). The number of hydrogen-bond acceptors (Lipinski definition) is 6. The van der Waals surface area contributed by atoms with Gasteiger partial charge in [0.25, 0.3) is 0 Å². The van der Waals surface area contributed by atoms with Crippen molar-refractivity contribution in [3.05, 3.63) is 48.5 Å². The molecule has 0 N–H and O–H groups in total. The van der Waals surface area contributed by atoms with Gasteiger partial charge in [-0.25, -0.2) is 0 Å². The lowest BCUT2D eigenvalue weighted by Crippen LogP contribution is -2.39. The molecule has 2 atom stereocenters. The van der Waals surface area contributed by atoms with Crippen LogP contribution >= 0.6 is 0 Å². The van der Waals surface area contributed by atoms with Crippen LogP contribution in [0.5, 0.6) is 0 Å². The highest BCUT2D eigenvalue weighted by atomic mass is 15.6. The van der Waals surface area contributed by atoms with E-state index in [9.17, 15) is 0 Å². The number of hydrogen-bond donors (Lipinski definition) is 0. The second kappa shape index (κ2) is 7.10. The lowest BCUT2D eigenvalue weighted by molar-refractivity contribution is 0.115. The van der Waals surface area contributed by atoms with E-state index in [1.54, 1.807) is 6.20 Å². The second-order valence-electron chi connectivity index (χ2n) is 6.59. The Morgan fingerprint density at radius 2 is 2.08 bits per heavy atom. The van der Waals surface area contributed by atoms with Crippen LogP contribution < -0.4 is 0 Å². The quantitative estimate of drug-likeness (QED) is 0.705. The molecule has 0 bridgehead atoms. The number of nitrogens with zero attached hydrogens (tertiary/aromatic N) is 8. The highest BCUT2D eigenvalue weighted by Gasteiger charge is 2.28. The molecule has 25 heavy (non-hydrogen) atoms. The van der Waals surface area contributed by atoms with Crippen LogP contribution in [0.15, 0.2) is 42.7 Å². The maximum atomic E-state index is 4.30. The van der Waals surface area contributed by atoms with Gasteiger partial charge in [-0.2, -0.15) is 4.68 Å². The second-order valence-corrected chi connectivity index (χ2v) is 6.59. The Labute approximate surface area is 146 Å². The summed E-state index contributed by atoms with van der Waals surface area (Å²) in [5.41, 5.74) is 0.991. The van der Waals surface area contributed by atoms with Gasteiger partial charge in [0.15, 0.2) is 5.82 Å². The van der Waals surface area contributed by atoms with Crippen LogP contribution in [-0.2, 0) is 6.54 Å². The fourth-order valence-electron chi connectivity index (χ4n) is 3.56. The van der Waals surface area contributed by atoms with Gasteiger partial charge in [-0.1, -0.05) is 23.4 Å². The molecule has 130 valence electrons. The summed E-state index contributed by atoms with van der Waals surface area (Å²) in [7, 11) is 0. The number of piperidine rings is 1. The van der Waals surface area contributed by atoms with Crippen LogP contribution in [0.4, 0.5) is 0 Å². The first-order valence-electron chi connectivity index (χ1n) is 8.73. The van der Waals surface area contributed by atoms with Gasteiger partial charge < -0.3 is 0 Å². The van der Waals surface area contributed by atoms with E-state index in [2.05, 4.69) is 37.7 Å². The monoisotopic (exact) mass is 338 g/mol. The zero-order chi connectivity index (χ0) is 17.1. The molecular weight excluding hydrogens is 316 g/mol. The van der Waals surface area contributed by atoms with Gasteiger partial charge in [-0.15, -0.1) is 10.2 Å². The first-order valence-corrected chi connectivity index (χ1v) is 8.73. The van der Waals surface area contributed by atoms with Gasteiger partial charge in [-0.3, -0.25) is 9.58 Å². The molecule has 1 aliphatic rings. The predicted octanol–water partition coefficient (Wildman–Crippen LogP) is 1.73. The highest BCUT2D eigenvalue weighted by molar-refractivity contribution is 5.30. The molecule has 0 amide bonds. The predicted molar refractivity (Wildman–Crippen MR) is 91.9 cm³/mol. The fraction of sp³-hybridized carbons (Fsp3) is 0.471. The summed E-state index contributed by atoms with van der Waals surface area (Å²) in [5, 5.41) is 20.4. The third-order valence-electron chi connectivity index (χ3n) is 4.88. The van der Waals surface area contributed by atoms with Crippen molar-refractivity contribution in [2.75, 3.05) is 13.1 Å². The Morgan fingerprint density at radius 1 is 1.20 bits per heavy atom. The zero-order valence-corrected chi connectivity index (χ0v) is 14.3. The summed E-state index contributed by atoms with van der Waals surface area (Å²) in [6, 6.07) is 10.2. The van der Waals surface area contributed by atoms with Gasteiger partial charge in [0.1, 0.15) is 0 Å². The van der Waals surface area contributed by atoms with Gasteiger partial charge in [-0.05, 0) is 54.8 Å². The van der Waals surface area contributed by atoms with Crippen molar-refractivity contribution in [1.82, 2.24) is 40.1 Å². The normalized spacial score (nSPS) is 19.8. The molecule has 8 nitrogen and oxygen atoms in total. The molecule has 0 saturated carbocycles. The number of rotatable bonds is 5. The zero-order valence-electron chi connectivity index (χ0n) is 14.3. The van der Waals surface area contributed by atoms with E-state index < -0.39 is 0 Å². The van der Waals surface area contributed by atoms with Crippen LogP contribution in [0.1, 0.15) is 31.6 Å². The van der Waals surface area contributed by atoms with Crippen LogP contribution in [0.3, 0.4) is 0 Å². The van der Waals surface area contributed by atoms with Gasteiger partial charge in [0.05, 0.1) is 17.9 Å². The Balaban J connectivity index is 1.49. The molecule has 2 aromatic heterocycles. The minimum absolute atomic E-state index is 0.161. The number of tetrazole rings is 1. The first kappa shape index (κ1) is 15.9.